The van der Waals surface area contributed by atoms with E-state index in [4.69, 9.17) is 4.42 Å². The van der Waals surface area contributed by atoms with Crippen molar-refractivity contribution >= 4 is 16.6 Å². The van der Waals surface area contributed by atoms with Crippen molar-refractivity contribution in [1.82, 2.24) is 0 Å². The van der Waals surface area contributed by atoms with Crippen molar-refractivity contribution < 1.29 is 13.6 Å². The van der Waals surface area contributed by atoms with Gasteiger partial charge in [-0.3, -0.25) is 0 Å². The van der Waals surface area contributed by atoms with Crippen LogP contribution < -0.4 is 5.63 Å². The maximum atomic E-state index is 12.9. The highest BCUT2D eigenvalue weighted by Gasteiger charge is 2.06. The molecule has 0 spiro atoms. The highest BCUT2D eigenvalue weighted by atomic mass is 19.1. The monoisotopic (exact) mass is 234 g/mol. The van der Waals surface area contributed by atoms with Crippen LogP contribution in [0.1, 0.15) is 19.1 Å². The van der Waals surface area contributed by atoms with Crippen LogP contribution in [-0.4, -0.2) is 5.78 Å². The van der Waals surface area contributed by atoms with Gasteiger partial charge in [0.1, 0.15) is 17.4 Å². The Morgan fingerprint density at radius 1 is 1.35 bits per heavy atom. The Morgan fingerprint density at radius 2 is 2.12 bits per heavy atom. The fourth-order valence-corrected chi connectivity index (χ4v) is 1.63. The molecule has 2 rings (SSSR count). The van der Waals surface area contributed by atoms with Gasteiger partial charge in [-0.1, -0.05) is 6.07 Å². The highest BCUT2D eigenvalue weighted by molar-refractivity contribution is 5.81. The molecule has 2 aromatic rings. The van der Waals surface area contributed by atoms with Crippen molar-refractivity contribution in [2.75, 3.05) is 0 Å². The number of fused-ring (bicyclic) bond motifs is 1. The number of rotatable bonds is 3. The lowest BCUT2D eigenvalue weighted by atomic mass is 10.1. The smallest absolute Gasteiger partial charge is 0.343 e. The van der Waals surface area contributed by atoms with Crippen LogP contribution in [0.15, 0.2) is 33.5 Å². The fourth-order valence-electron chi connectivity index (χ4n) is 1.63. The van der Waals surface area contributed by atoms with E-state index < -0.39 is 11.4 Å². The predicted octanol–water partition coefficient (Wildman–Crippen LogP) is 2.45. The first kappa shape index (κ1) is 11.5. The van der Waals surface area contributed by atoms with E-state index in [1.54, 1.807) is 6.07 Å². The predicted molar refractivity (Wildman–Crippen MR) is 61.4 cm³/mol. The SMILES string of the molecule is CC(=O)CCc1cc2ccc(F)cc2c(=O)o1. The molecule has 88 valence electrons. The Hall–Kier alpha value is -1.97. The number of Topliss-reactive ketones (excluding diaryl/α,β-unsaturated/α-hetero) is 1. The molecule has 0 N–H and O–H groups in total. The number of halogens is 1. The van der Waals surface area contributed by atoms with Crippen molar-refractivity contribution in [1.29, 1.82) is 0 Å². The second kappa shape index (κ2) is 4.49. The summed E-state index contributed by atoms with van der Waals surface area (Å²) in [6, 6.07) is 5.63. The van der Waals surface area contributed by atoms with Crippen LogP contribution >= 0.6 is 0 Å². The zero-order valence-corrected chi connectivity index (χ0v) is 9.33. The molecule has 0 bridgehead atoms. The summed E-state index contributed by atoms with van der Waals surface area (Å²) in [5.41, 5.74) is -0.569. The third kappa shape index (κ3) is 2.58. The number of carbonyl (C=O) groups is 1. The molecule has 1 heterocycles. The largest absolute Gasteiger partial charge is 0.427 e. The summed E-state index contributed by atoms with van der Waals surface area (Å²) in [5.74, 6) is 0.0115. The van der Waals surface area contributed by atoms with E-state index in [2.05, 4.69) is 0 Å². The number of carbonyl (C=O) groups excluding carboxylic acids is 1. The van der Waals surface area contributed by atoms with E-state index in [0.29, 0.717) is 24.0 Å². The summed E-state index contributed by atoms with van der Waals surface area (Å²) in [6.07, 6.45) is 0.716. The summed E-state index contributed by atoms with van der Waals surface area (Å²) >= 11 is 0. The van der Waals surface area contributed by atoms with Gasteiger partial charge in [0.2, 0.25) is 0 Å². The Labute approximate surface area is 96.9 Å². The second-order valence-electron chi connectivity index (χ2n) is 3.93. The summed E-state index contributed by atoms with van der Waals surface area (Å²) in [7, 11) is 0. The Balaban J connectivity index is 2.45. The van der Waals surface area contributed by atoms with E-state index >= 15 is 0 Å². The van der Waals surface area contributed by atoms with Gasteiger partial charge < -0.3 is 9.21 Å². The van der Waals surface area contributed by atoms with Gasteiger partial charge in [-0.05, 0) is 30.5 Å². The molecule has 3 nitrogen and oxygen atoms in total. The first-order chi connectivity index (χ1) is 8.06. The van der Waals surface area contributed by atoms with Crippen LogP contribution in [0.25, 0.3) is 10.8 Å². The topological polar surface area (TPSA) is 47.3 Å². The Kier molecular flexibility index (Phi) is 3.04. The molecule has 0 fully saturated rings. The van der Waals surface area contributed by atoms with E-state index in [-0.39, 0.29) is 11.2 Å². The molecule has 4 heteroatoms. The highest BCUT2D eigenvalue weighted by Crippen LogP contribution is 2.14. The normalized spacial score (nSPS) is 10.7. The molecule has 0 aliphatic carbocycles. The Morgan fingerprint density at radius 3 is 2.82 bits per heavy atom. The lowest BCUT2D eigenvalue weighted by molar-refractivity contribution is -0.117. The van der Waals surface area contributed by atoms with Crippen LogP contribution in [0.4, 0.5) is 4.39 Å². The lowest BCUT2D eigenvalue weighted by Gasteiger charge is -2.01. The van der Waals surface area contributed by atoms with E-state index in [1.165, 1.54) is 19.1 Å². The molecule has 1 aromatic carbocycles. The number of ketones is 1. The molecule has 0 amide bonds. The van der Waals surface area contributed by atoms with Crippen LogP contribution in [-0.2, 0) is 11.2 Å². The molecule has 1 aromatic heterocycles. The van der Waals surface area contributed by atoms with Gasteiger partial charge in [-0.2, -0.15) is 0 Å². The molecule has 0 aliphatic rings. The fraction of sp³-hybridized carbons (Fsp3) is 0.231. The zero-order valence-electron chi connectivity index (χ0n) is 9.33. The average Bonchev–Trinajstić information content (AvgIpc) is 2.27. The summed E-state index contributed by atoms with van der Waals surface area (Å²) in [4.78, 5) is 22.4. The quantitative estimate of drug-likeness (QED) is 0.819. The molecule has 0 saturated heterocycles. The third-order valence-electron chi connectivity index (χ3n) is 2.50. The van der Waals surface area contributed by atoms with E-state index in [9.17, 15) is 14.0 Å². The van der Waals surface area contributed by atoms with Gasteiger partial charge in [0.15, 0.2) is 0 Å². The second-order valence-corrected chi connectivity index (χ2v) is 3.93. The number of hydrogen-bond donors (Lipinski definition) is 0. The van der Waals surface area contributed by atoms with Crippen LogP contribution in [0.2, 0.25) is 0 Å². The van der Waals surface area contributed by atoms with Crippen molar-refractivity contribution in [3.05, 3.63) is 46.3 Å². The molecule has 0 saturated carbocycles. The first-order valence-corrected chi connectivity index (χ1v) is 5.28. The molecular weight excluding hydrogens is 223 g/mol. The van der Waals surface area contributed by atoms with Crippen LogP contribution in [0.3, 0.4) is 0 Å². The van der Waals surface area contributed by atoms with Crippen molar-refractivity contribution in [3.8, 4) is 0 Å². The molecular formula is C13H11FO3. The molecule has 0 atom stereocenters. The van der Waals surface area contributed by atoms with Gasteiger partial charge in [0.05, 0.1) is 5.39 Å². The molecule has 17 heavy (non-hydrogen) atoms. The van der Waals surface area contributed by atoms with Gasteiger partial charge in [0.25, 0.3) is 0 Å². The molecule has 0 aliphatic heterocycles. The van der Waals surface area contributed by atoms with Crippen molar-refractivity contribution in [2.45, 2.75) is 19.8 Å². The molecule has 0 radical (unpaired) electrons. The number of hydrogen-bond acceptors (Lipinski definition) is 3. The third-order valence-corrected chi connectivity index (χ3v) is 2.50. The summed E-state index contributed by atoms with van der Waals surface area (Å²) in [5, 5.41) is 0.845. The minimum Gasteiger partial charge on any atom is -0.427 e. The minimum atomic E-state index is -0.569. The Bertz CT molecular complexity index is 628. The maximum absolute atomic E-state index is 12.9. The number of aryl methyl sites for hydroxylation is 1. The average molecular weight is 234 g/mol. The standard InChI is InChI=1S/C13H11FO3/c1-8(15)2-5-11-6-9-3-4-10(14)7-12(9)13(16)17-11/h3-4,6-7H,2,5H2,1H3. The first-order valence-electron chi connectivity index (χ1n) is 5.28. The van der Waals surface area contributed by atoms with Gasteiger partial charge in [0, 0.05) is 12.8 Å². The minimum absolute atomic E-state index is 0.0341. The summed E-state index contributed by atoms with van der Waals surface area (Å²) in [6.45, 7) is 1.48. The van der Waals surface area contributed by atoms with Crippen LogP contribution in [0.5, 0.6) is 0 Å². The van der Waals surface area contributed by atoms with Gasteiger partial charge in [-0.25, -0.2) is 9.18 Å². The van der Waals surface area contributed by atoms with Crippen molar-refractivity contribution in [2.24, 2.45) is 0 Å². The lowest BCUT2D eigenvalue weighted by Crippen LogP contribution is -2.04. The van der Waals surface area contributed by atoms with E-state index in [1.807, 2.05) is 0 Å². The summed E-state index contributed by atoms with van der Waals surface area (Å²) < 4.78 is 18.0. The molecule has 0 unspecified atom stereocenters. The van der Waals surface area contributed by atoms with Gasteiger partial charge in [-0.15, -0.1) is 0 Å². The van der Waals surface area contributed by atoms with Gasteiger partial charge >= 0.3 is 5.63 Å². The van der Waals surface area contributed by atoms with Crippen molar-refractivity contribution in [3.63, 3.8) is 0 Å². The zero-order chi connectivity index (χ0) is 12.4. The van der Waals surface area contributed by atoms with E-state index in [0.717, 1.165) is 6.07 Å². The van der Waals surface area contributed by atoms with Crippen LogP contribution in [0, 0.1) is 5.82 Å². The maximum Gasteiger partial charge on any atom is 0.343 e. The number of benzene rings is 1.